The fourth-order valence-electron chi connectivity index (χ4n) is 4.38. The van der Waals surface area contributed by atoms with E-state index in [-0.39, 0.29) is 24.4 Å². The van der Waals surface area contributed by atoms with Gasteiger partial charge in [0.15, 0.2) is 5.11 Å². The molecule has 1 fully saturated rings. The Morgan fingerprint density at radius 2 is 1.86 bits per heavy atom. The highest BCUT2D eigenvalue weighted by Gasteiger charge is 2.41. The summed E-state index contributed by atoms with van der Waals surface area (Å²) in [6.45, 7) is 2.40. The van der Waals surface area contributed by atoms with Crippen LogP contribution in [0, 0.1) is 6.92 Å². The number of nitrogens with one attached hydrogen (secondary N) is 2. The van der Waals surface area contributed by atoms with Crippen LogP contribution in [-0.4, -0.2) is 27.4 Å². The molecule has 1 aliphatic rings. The first-order chi connectivity index (χ1) is 17.5. The lowest BCUT2D eigenvalue weighted by molar-refractivity contribution is -0.116. The van der Waals surface area contributed by atoms with Gasteiger partial charge in [0.1, 0.15) is 17.6 Å². The van der Waals surface area contributed by atoms with E-state index < -0.39 is 0 Å². The minimum atomic E-state index is -0.264. The molecule has 182 valence electrons. The summed E-state index contributed by atoms with van der Waals surface area (Å²) in [5.74, 6) is 1.40. The van der Waals surface area contributed by atoms with Gasteiger partial charge in [-0.25, -0.2) is 0 Å². The third-order valence-corrected chi connectivity index (χ3v) is 6.85. The van der Waals surface area contributed by atoms with E-state index in [1.807, 2.05) is 90.7 Å². The van der Waals surface area contributed by atoms with E-state index in [9.17, 15) is 4.79 Å². The quantitative estimate of drug-likeness (QED) is 0.281. The van der Waals surface area contributed by atoms with Gasteiger partial charge in [-0.15, -0.1) is 0 Å². The van der Waals surface area contributed by atoms with E-state index in [1.165, 1.54) is 0 Å². The Hall–Kier alpha value is -3.68. The Morgan fingerprint density at radius 1 is 1.08 bits per heavy atom. The fourth-order valence-corrected chi connectivity index (χ4v) is 4.84. The molecule has 36 heavy (non-hydrogen) atoms. The van der Waals surface area contributed by atoms with E-state index in [1.54, 1.807) is 6.20 Å². The van der Waals surface area contributed by atoms with Crippen LogP contribution in [0.5, 0.6) is 0 Å². The molecule has 0 spiro atoms. The van der Waals surface area contributed by atoms with Crippen LogP contribution in [0.4, 0.5) is 5.69 Å². The molecule has 1 aliphatic heterocycles. The molecule has 2 aromatic heterocycles. The molecule has 0 bridgehead atoms. The number of hydrogen-bond donors (Lipinski definition) is 2. The van der Waals surface area contributed by atoms with Gasteiger partial charge in [-0.05, 0) is 79.3 Å². The van der Waals surface area contributed by atoms with Gasteiger partial charge < -0.3 is 20.0 Å². The minimum absolute atomic E-state index is 0.0755. The highest BCUT2D eigenvalue weighted by molar-refractivity contribution is 7.80. The van der Waals surface area contributed by atoms with Crippen molar-refractivity contribution in [2.75, 3.05) is 11.9 Å². The van der Waals surface area contributed by atoms with Crippen molar-refractivity contribution in [1.82, 2.24) is 15.2 Å². The summed E-state index contributed by atoms with van der Waals surface area (Å²) < 4.78 is 6.33. The molecule has 1 amide bonds. The summed E-state index contributed by atoms with van der Waals surface area (Å²) >= 11 is 11.8. The molecule has 3 heterocycles. The summed E-state index contributed by atoms with van der Waals surface area (Å²) in [5.41, 5.74) is 3.60. The van der Waals surface area contributed by atoms with Crippen molar-refractivity contribution < 1.29 is 9.21 Å². The number of carbonyl (C=O) groups is 1. The number of aromatic nitrogens is 1. The van der Waals surface area contributed by atoms with Gasteiger partial charge in [0.2, 0.25) is 5.91 Å². The zero-order valence-electron chi connectivity index (χ0n) is 19.6. The lowest BCUT2D eigenvalue weighted by Gasteiger charge is -2.26. The maximum Gasteiger partial charge on any atom is 0.226 e. The summed E-state index contributed by atoms with van der Waals surface area (Å²) in [5, 5.41) is 7.62. The predicted molar refractivity (Wildman–Crippen MR) is 146 cm³/mol. The van der Waals surface area contributed by atoms with Crippen molar-refractivity contribution in [3.8, 4) is 11.3 Å². The first-order valence-corrected chi connectivity index (χ1v) is 12.5. The van der Waals surface area contributed by atoms with Gasteiger partial charge in [0.25, 0.3) is 0 Å². The predicted octanol–water partition coefficient (Wildman–Crippen LogP) is 6.30. The van der Waals surface area contributed by atoms with Crippen LogP contribution in [0.3, 0.4) is 0 Å². The number of carbonyl (C=O) groups excluding carboxylic acids is 1. The van der Waals surface area contributed by atoms with E-state index in [2.05, 4.69) is 15.6 Å². The molecule has 8 heteroatoms. The van der Waals surface area contributed by atoms with Gasteiger partial charge in [0.05, 0.1) is 11.7 Å². The number of pyridine rings is 1. The zero-order valence-corrected chi connectivity index (χ0v) is 21.2. The molecule has 2 atom stereocenters. The number of aryl methyl sites for hydroxylation is 1. The van der Waals surface area contributed by atoms with Crippen LogP contribution in [0.25, 0.3) is 11.3 Å². The number of halogens is 1. The van der Waals surface area contributed by atoms with Crippen molar-refractivity contribution in [1.29, 1.82) is 0 Å². The van der Waals surface area contributed by atoms with Crippen molar-refractivity contribution in [3.05, 3.63) is 107 Å². The van der Waals surface area contributed by atoms with Crippen LogP contribution >= 0.6 is 23.8 Å². The second-order valence-electron chi connectivity index (χ2n) is 8.64. The monoisotopic (exact) mass is 516 g/mol. The average molecular weight is 517 g/mol. The SMILES string of the molecule is Cc1ccccc1NC(=O)CCN1C(=S)N[C@H](c2ccccn2)[C@@H]1c1ccc(-c2ccc(Cl)cc2)o1. The lowest BCUT2D eigenvalue weighted by atomic mass is 10.0. The Bertz CT molecular complexity index is 1370. The largest absolute Gasteiger partial charge is 0.459 e. The minimum Gasteiger partial charge on any atom is -0.459 e. The highest BCUT2D eigenvalue weighted by atomic mass is 35.5. The van der Waals surface area contributed by atoms with Crippen LogP contribution in [-0.2, 0) is 4.79 Å². The number of furan rings is 1. The van der Waals surface area contributed by atoms with E-state index in [0.717, 1.165) is 34.0 Å². The number of rotatable bonds is 7. The summed E-state index contributed by atoms with van der Waals surface area (Å²) in [6, 6.07) is 24.4. The fraction of sp³-hybridized carbons (Fsp3) is 0.179. The van der Waals surface area contributed by atoms with Crippen molar-refractivity contribution in [2.24, 2.45) is 0 Å². The number of amides is 1. The molecule has 0 aliphatic carbocycles. The maximum atomic E-state index is 12.8. The number of hydrogen-bond acceptors (Lipinski definition) is 4. The molecule has 5 rings (SSSR count). The third kappa shape index (κ3) is 5.12. The van der Waals surface area contributed by atoms with Gasteiger partial charge >= 0.3 is 0 Å². The Labute approximate surface area is 220 Å². The first kappa shape index (κ1) is 24.0. The molecular formula is C28H25ClN4O2S. The molecule has 4 aromatic rings. The number of benzene rings is 2. The lowest BCUT2D eigenvalue weighted by Crippen LogP contribution is -2.32. The molecule has 1 saturated heterocycles. The maximum absolute atomic E-state index is 12.8. The van der Waals surface area contributed by atoms with E-state index >= 15 is 0 Å². The van der Waals surface area contributed by atoms with Crippen molar-refractivity contribution in [2.45, 2.75) is 25.4 Å². The summed E-state index contributed by atoms with van der Waals surface area (Å²) in [6.07, 6.45) is 2.03. The standard InChI is InChI=1S/C28H25ClN4O2S/c1-18-6-2-3-7-21(18)31-25(34)15-17-33-27(26(32-28(33)36)22-8-4-5-16-30-22)24-14-13-23(35-24)19-9-11-20(29)12-10-19/h2-14,16,26-27H,15,17H2,1H3,(H,31,34)(H,32,36)/t26-,27+/m1/s1. The number of para-hydroxylation sites is 1. The van der Waals surface area contributed by atoms with Crippen molar-refractivity contribution >= 4 is 40.5 Å². The second kappa shape index (κ2) is 10.5. The molecule has 2 aromatic carbocycles. The van der Waals surface area contributed by atoms with Crippen LogP contribution < -0.4 is 10.6 Å². The zero-order chi connectivity index (χ0) is 25.1. The van der Waals surface area contributed by atoms with Gasteiger partial charge in [-0.2, -0.15) is 0 Å². The number of nitrogens with zero attached hydrogens (tertiary/aromatic N) is 2. The second-order valence-corrected chi connectivity index (χ2v) is 9.47. The van der Waals surface area contributed by atoms with Gasteiger partial charge in [-0.1, -0.05) is 35.9 Å². The topological polar surface area (TPSA) is 70.4 Å². The molecule has 0 saturated carbocycles. The number of thiocarbonyl (C=S) groups is 1. The van der Waals surface area contributed by atoms with Crippen LogP contribution in [0.2, 0.25) is 5.02 Å². The van der Waals surface area contributed by atoms with Crippen LogP contribution in [0.1, 0.15) is 35.5 Å². The Morgan fingerprint density at radius 3 is 2.61 bits per heavy atom. The molecular weight excluding hydrogens is 492 g/mol. The summed E-state index contributed by atoms with van der Waals surface area (Å²) in [4.78, 5) is 19.4. The molecule has 6 nitrogen and oxygen atoms in total. The van der Waals surface area contributed by atoms with E-state index in [0.29, 0.717) is 16.7 Å². The number of anilines is 1. The summed E-state index contributed by atoms with van der Waals surface area (Å²) in [7, 11) is 0. The van der Waals surface area contributed by atoms with Gasteiger partial charge in [-0.3, -0.25) is 9.78 Å². The van der Waals surface area contributed by atoms with Gasteiger partial charge in [0, 0.05) is 35.4 Å². The van der Waals surface area contributed by atoms with Crippen LogP contribution in [0.15, 0.2) is 89.5 Å². The first-order valence-electron chi connectivity index (χ1n) is 11.7. The Kier molecular flexibility index (Phi) is 7.02. The third-order valence-electron chi connectivity index (χ3n) is 6.24. The molecule has 0 unspecified atom stereocenters. The normalized spacial score (nSPS) is 17.2. The average Bonchev–Trinajstić information content (AvgIpc) is 3.50. The highest BCUT2D eigenvalue weighted by Crippen LogP contribution is 2.40. The molecule has 2 N–H and O–H groups in total. The van der Waals surface area contributed by atoms with Crippen molar-refractivity contribution in [3.63, 3.8) is 0 Å². The molecule has 0 radical (unpaired) electrons. The Balaban J connectivity index is 1.40. The smallest absolute Gasteiger partial charge is 0.226 e. The van der Waals surface area contributed by atoms with E-state index in [4.69, 9.17) is 28.2 Å².